The summed E-state index contributed by atoms with van der Waals surface area (Å²) in [6.07, 6.45) is 13.6. The van der Waals surface area contributed by atoms with Gasteiger partial charge < -0.3 is 10.2 Å². The predicted molar refractivity (Wildman–Crippen MR) is 123 cm³/mol. The van der Waals surface area contributed by atoms with E-state index in [1.807, 2.05) is 13.8 Å². The number of Topliss-reactive ketones (excluding diaryl/α,β-unsaturated/α-hetero) is 1. The highest BCUT2D eigenvalue weighted by atomic mass is 16.5. The van der Waals surface area contributed by atoms with Crippen LogP contribution in [0.5, 0.6) is 0 Å². The number of fused-ring (bicyclic) bond motifs is 1. The number of aliphatic hydroxyl groups is 2. The average molecular weight is 415 g/mol. The Hall–Kier alpha value is -1.19. The number of rotatable bonds is 6. The summed E-state index contributed by atoms with van der Waals surface area (Å²) in [5.41, 5.74) is 3.88. The lowest BCUT2D eigenvalue weighted by Gasteiger charge is -2.44. The molecule has 0 aromatic carbocycles. The second kappa shape index (κ2) is 9.12. The zero-order chi connectivity index (χ0) is 22.1. The minimum atomic E-state index is -1.59. The van der Waals surface area contributed by atoms with Crippen LogP contribution in [0.2, 0.25) is 0 Å². The molecule has 2 N–H and O–H groups in total. The van der Waals surface area contributed by atoms with E-state index in [0.717, 1.165) is 30.4 Å². The van der Waals surface area contributed by atoms with Crippen LogP contribution in [0.4, 0.5) is 0 Å². The molecule has 1 unspecified atom stereocenters. The van der Waals surface area contributed by atoms with Gasteiger partial charge in [0.15, 0.2) is 5.79 Å². The van der Waals surface area contributed by atoms with Crippen molar-refractivity contribution in [3.8, 4) is 0 Å². The van der Waals surface area contributed by atoms with Gasteiger partial charge in [-0.1, -0.05) is 57.6 Å². The number of allylic oxidation sites excluding steroid dienone is 4. The molecule has 3 saturated carbocycles. The fourth-order valence-electron chi connectivity index (χ4n) is 6.49. The van der Waals surface area contributed by atoms with Crippen molar-refractivity contribution in [3.05, 3.63) is 35.5 Å². The van der Waals surface area contributed by atoms with E-state index in [1.54, 1.807) is 0 Å². The maximum atomic E-state index is 12.1. The Bertz CT molecular complexity index is 726. The number of hydrogen-bond donors (Lipinski definition) is 2. The van der Waals surface area contributed by atoms with Crippen molar-refractivity contribution in [2.24, 2.45) is 29.1 Å². The van der Waals surface area contributed by atoms with Gasteiger partial charge in [0.25, 0.3) is 0 Å². The molecule has 0 radical (unpaired) electrons. The molecule has 0 aliphatic heterocycles. The molecule has 0 saturated heterocycles. The van der Waals surface area contributed by atoms with Crippen molar-refractivity contribution in [1.29, 1.82) is 0 Å². The first-order valence-corrected chi connectivity index (χ1v) is 12.1. The van der Waals surface area contributed by atoms with Crippen LogP contribution in [0.25, 0.3) is 0 Å². The van der Waals surface area contributed by atoms with E-state index in [4.69, 9.17) is 0 Å². The van der Waals surface area contributed by atoms with Crippen LogP contribution in [0, 0.1) is 29.1 Å². The lowest BCUT2D eigenvalue weighted by molar-refractivity contribution is -0.166. The number of ketones is 1. The lowest BCUT2D eigenvalue weighted by atomic mass is 9.60. The van der Waals surface area contributed by atoms with E-state index in [-0.39, 0.29) is 12.3 Å². The molecule has 3 aliphatic carbocycles. The van der Waals surface area contributed by atoms with E-state index in [9.17, 15) is 15.0 Å². The third-order valence-electron chi connectivity index (χ3n) is 8.47. The van der Waals surface area contributed by atoms with E-state index < -0.39 is 5.79 Å². The molecule has 30 heavy (non-hydrogen) atoms. The largest absolute Gasteiger partial charge is 0.365 e. The minimum Gasteiger partial charge on any atom is -0.365 e. The van der Waals surface area contributed by atoms with Crippen molar-refractivity contribution in [3.63, 3.8) is 0 Å². The first-order valence-electron chi connectivity index (χ1n) is 12.1. The van der Waals surface area contributed by atoms with Crippen LogP contribution in [0.1, 0.15) is 91.9 Å². The zero-order valence-electron chi connectivity index (χ0n) is 19.5. The second-order valence-electron chi connectivity index (χ2n) is 10.9. The first-order chi connectivity index (χ1) is 14.0. The van der Waals surface area contributed by atoms with Crippen molar-refractivity contribution in [1.82, 2.24) is 0 Å². The Morgan fingerprint density at radius 2 is 1.90 bits per heavy atom. The quantitative estimate of drug-likeness (QED) is 0.515. The molecule has 0 heterocycles. The molecule has 0 bridgehead atoms. The molecule has 0 aromatic heterocycles. The van der Waals surface area contributed by atoms with Gasteiger partial charge in [0.2, 0.25) is 0 Å². The summed E-state index contributed by atoms with van der Waals surface area (Å²) >= 11 is 0. The normalized spacial score (nSPS) is 35.1. The Balaban J connectivity index is 1.72. The molecule has 3 heteroatoms. The van der Waals surface area contributed by atoms with Gasteiger partial charge in [-0.05, 0) is 73.7 Å². The molecule has 3 fully saturated rings. The van der Waals surface area contributed by atoms with Gasteiger partial charge in [-0.15, -0.1) is 0 Å². The van der Waals surface area contributed by atoms with Crippen molar-refractivity contribution in [2.45, 2.75) is 97.7 Å². The monoisotopic (exact) mass is 414 g/mol. The smallest absolute Gasteiger partial charge is 0.166 e. The molecule has 3 nitrogen and oxygen atoms in total. The number of carbonyl (C=O) groups is 1. The van der Waals surface area contributed by atoms with Gasteiger partial charge >= 0.3 is 0 Å². The Labute approximate surface area is 183 Å². The first kappa shape index (κ1) is 23.5. The molecule has 4 atom stereocenters. The fraction of sp³-hybridized carbons (Fsp3) is 0.741. The third kappa shape index (κ3) is 4.99. The summed E-state index contributed by atoms with van der Waals surface area (Å²) < 4.78 is 0. The zero-order valence-corrected chi connectivity index (χ0v) is 19.5. The van der Waals surface area contributed by atoms with E-state index >= 15 is 0 Å². The molecule has 3 rings (SSSR count). The maximum Gasteiger partial charge on any atom is 0.166 e. The molecule has 0 amide bonds. The lowest BCUT2D eigenvalue weighted by Crippen LogP contribution is -2.36. The van der Waals surface area contributed by atoms with Crippen LogP contribution >= 0.6 is 0 Å². The highest BCUT2D eigenvalue weighted by Gasteiger charge is 2.50. The molecular weight excluding hydrogens is 372 g/mol. The van der Waals surface area contributed by atoms with Crippen LogP contribution in [0.15, 0.2) is 35.5 Å². The van der Waals surface area contributed by atoms with Gasteiger partial charge in [0.05, 0.1) is 0 Å². The Morgan fingerprint density at radius 3 is 2.60 bits per heavy atom. The predicted octanol–water partition coefficient (Wildman–Crippen LogP) is 6.12. The second-order valence-corrected chi connectivity index (χ2v) is 10.9. The molecule has 0 aromatic rings. The summed E-state index contributed by atoms with van der Waals surface area (Å²) in [5, 5.41) is 20.1. The van der Waals surface area contributed by atoms with Gasteiger partial charge in [-0.25, -0.2) is 0 Å². The summed E-state index contributed by atoms with van der Waals surface area (Å²) in [7, 11) is 0. The Morgan fingerprint density at radius 1 is 1.17 bits per heavy atom. The van der Waals surface area contributed by atoms with Crippen LogP contribution in [0.3, 0.4) is 0 Å². The van der Waals surface area contributed by atoms with Gasteiger partial charge in [-0.3, -0.25) is 4.79 Å². The van der Waals surface area contributed by atoms with Gasteiger partial charge in [-0.2, -0.15) is 0 Å². The summed E-state index contributed by atoms with van der Waals surface area (Å²) in [4.78, 5) is 12.1. The van der Waals surface area contributed by atoms with E-state index in [2.05, 4.69) is 32.6 Å². The maximum absolute atomic E-state index is 12.1. The number of carbonyl (C=O) groups excluding carboxylic acids is 1. The van der Waals surface area contributed by atoms with Crippen LogP contribution in [-0.4, -0.2) is 21.8 Å². The topological polar surface area (TPSA) is 57.5 Å². The van der Waals surface area contributed by atoms with Crippen molar-refractivity contribution >= 4 is 5.78 Å². The highest BCUT2D eigenvalue weighted by molar-refractivity contribution is 5.80. The van der Waals surface area contributed by atoms with E-state index in [1.165, 1.54) is 31.3 Å². The van der Waals surface area contributed by atoms with Crippen molar-refractivity contribution in [2.75, 3.05) is 0 Å². The number of hydrogen-bond acceptors (Lipinski definition) is 3. The van der Waals surface area contributed by atoms with Crippen LogP contribution in [-0.2, 0) is 4.79 Å². The Kier molecular flexibility index (Phi) is 7.14. The molecule has 0 spiro atoms. The average Bonchev–Trinajstić information content (AvgIpc) is 3.04. The fourth-order valence-corrected chi connectivity index (χ4v) is 6.49. The van der Waals surface area contributed by atoms with Crippen LogP contribution < -0.4 is 0 Å². The molecule has 3 aliphatic rings. The van der Waals surface area contributed by atoms with Gasteiger partial charge in [0, 0.05) is 25.2 Å². The summed E-state index contributed by atoms with van der Waals surface area (Å²) in [6.45, 7) is 13.0. The van der Waals surface area contributed by atoms with Crippen molar-refractivity contribution < 1.29 is 15.0 Å². The molecular formula is C27H42O3. The summed E-state index contributed by atoms with van der Waals surface area (Å²) in [6, 6.07) is 0. The molecule has 168 valence electrons. The SMILES string of the molecule is C=C1CCC(O)(O)C/C1=C/C=C1CCC[C@@]2(C)C1CC[C@@H]2[C@H](C)CCC(=O)C(C)C. The standard InChI is InChI=1S/C27H42O3/c1-18(2)25(28)13-8-20(4)23-11-12-24-21(7-6-15-26(23,24)5)9-10-22-17-27(29,30)16-14-19(22)3/h9-10,18,20,23-24,29-30H,3,6-8,11-17H2,1-2,4-5H3/b21-9?,22-10-/t20-,23-,24?,26-/m1/s1. The minimum absolute atomic E-state index is 0.146. The van der Waals surface area contributed by atoms with E-state index in [0.29, 0.717) is 41.8 Å². The highest BCUT2D eigenvalue weighted by Crippen LogP contribution is 2.59. The third-order valence-corrected chi connectivity index (χ3v) is 8.47. The van der Waals surface area contributed by atoms with Gasteiger partial charge in [0.1, 0.15) is 5.78 Å². The summed E-state index contributed by atoms with van der Waals surface area (Å²) in [5.74, 6) is 0.838.